The molecular formula is C20H22N2O4. The average molecular weight is 354 g/mol. The zero-order valence-electron chi connectivity index (χ0n) is 14.4. The SMILES string of the molecule is O=C(NC1CCN(C(=O)COc2ccccc2O)CC1)c1ccccc1. The zero-order chi connectivity index (χ0) is 18.4. The summed E-state index contributed by atoms with van der Waals surface area (Å²) < 4.78 is 5.39. The number of carbonyl (C=O) groups is 2. The number of benzene rings is 2. The van der Waals surface area contributed by atoms with E-state index in [9.17, 15) is 14.7 Å². The lowest BCUT2D eigenvalue weighted by Crippen LogP contribution is -2.47. The summed E-state index contributed by atoms with van der Waals surface area (Å²) in [5.74, 6) is 0.104. The first-order valence-electron chi connectivity index (χ1n) is 8.68. The third-order valence-electron chi connectivity index (χ3n) is 4.44. The Morgan fingerprint density at radius 1 is 1.04 bits per heavy atom. The Bertz CT molecular complexity index is 755. The van der Waals surface area contributed by atoms with Gasteiger partial charge in [0.1, 0.15) is 0 Å². The predicted octanol–water partition coefficient (Wildman–Crippen LogP) is 2.19. The van der Waals surface area contributed by atoms with Crippen LogP contribution < -0.4 is 10.1 Å². The number of phenols is 1. The molecule has 136 valence electrons. The topological polar surface area (TPSA) is 78.9 Å². The molecule has 0 aliphatic carbocycles. The van der Waals surface area contributed by atoms with Gasteiger partial charge < -0.3 is 20.1 Å². The highest BCUT2D eigenvalue weighted by Crippen LogP contribution is 2.24. The maximum atomic E-state index is 12.3. The maximum absolute atomic E-state index is 12.3. The molecule has 2 aromatic carbocycles. The highest BCUT2D eigenvalue weighted by molar-refractivity contribution is 5.94. The molecule has 2 N–H and O–H groups in total. The number of aromatic hydroxyl groups is 1. The summed E-state index contributed by atoms with van der Waals surface area (Å²) in [6, 6.07) is 15.7. The number of carbonyl (C=O) groups excluding carboxylic acids is 2. The Morgan fingerprint density at radius 3 is 2.38 bits per heavy atom. The van der Waals surface area contributed by atoms with Gasteiger partial charge in [-0.3, -0.25) is 9.59 Å². The fourth-order valence-corrected chi connectivity index (χ4v) is 2.94. The number of likely N-dealkylation sites (tertiary alicyclic amines) is 1. The lowest BCUT2D eigenvalue weighted by Gasteiger charge is -2.32. The van der Waals surface area contributed by atoms with Crippen molar-refractivity contribution < 1.29 is 19.4 Å². The van der Waals surface area contributed by atoms with E-state index in [4.69, 9.17) is 4.74 Å². The Balaban J connectivity index is 1.44. The number of nitrogens with one attached hydrogen (secondary N) is 1. The van der Waals surface area contributed by atoms with Crippen LogP contribution in [0.4, 0.5) is 0 Å². The molecule has 1 aliphatic heterocycles. The molecule has 1 heterocycles. The number of hydrogen-bond acceptors (Lipinski definition) is 4. The monoisotopic (exact) mass is 354 g/mol. The van der Waals surface area contributed by atoms with Gasteiger partial charge in [0.15, 0.2) is 18.1 Å². The van der Waals surface area contributed by atoms with Gasteiger partial charge in [-0.25, -0.2) is 0 Å². The van der Waals surface area contributed by atoms with Gasteiger partial charge in [0, 0.05) is 24.7 Å². The van der Waals surface area contributed by atoms with Gasteiger partial charge in [-0.05, 0) is 37.1 Å². The molecule has 0 bridgehead atoms. The number of piperidine rings is 1. The third-order valence-corrected chi connectivity index (χ3v) is 4.44. The lowest BCUT2D eigenvalue weighted by atomic mass is 10.0. The van der Waals surface area contributed by atoms with Crippen molar-refractivity contribution in [2.45, 2.75) is 18.9 Å². The van der Waals surface area contributed by atoms with E-state index >= 15 is 0 Å². The summed E-state index contributed by atoms with van der Waals surface area (Å²) in [6.07, 6.45) is 1.42. The molecule has 0 saturated carbocycles. The van der Waals surface area contributed by atoms with E-state index in [1.54, 1.807) is 35.2 Å². The Hall–Kier alpha value is -3.02. The molecule has 1 saturated heterocycles. The van der Waals surface area contributed by atoms with E-state index in [-0.39, 0.29) is 30.2 Å². The largest absolute Gasteiger partial charge is 0.504 e. The van der Waals surface area contributed by atoms with Gasteiger partial charge >= 0.3 is 0 Å². The van der Waals surface area contributed by atoms with Gasteiger partial charge in [-0.15, -0.1) is 0 Å². The van der Waals surface area contributed by atoms with E-state index < -0.39 is 0 Å². The van der Waals surface area contributed by atoms with Gasteiger partial charge in [0.05, 0.1) is 0 Å². The molecule has 0 aromatic heterocycles. The quantitative estimate of drug-likeness (QED) is 0.863. The van der Waals surface area contributed by atoms with Crippen molar-refractivity contribution in [1.29, 1.82) is 0 Å². The van der Waals surface area contributed by atoms with Crippen LogP contribution in [0.2, 0.25) is 0 Å². The zero-order valence-corrected chi connectivity index (χ0v) is 14.4. The Kier molecular flexibility index (Phi) is 5.73. The number of ether oxygens (including phenoxy) is 1. The van der Waals surface area contributed by atoms with Crippen molar-refractivity contribution >= 4 is 11.8 Å². The normalized spacial score (nSPS) is 14.7. The van der Waals surface area contributed by atoms with Crippen LogP contribution in [0.1, 0.15) is 23.2 Å². The molecule has 6 nitrogen and oxygen atoms in total. The maximum Gasteiger partial charge on any atom is 0.260 e. The summed E-state index contributed by atoms with van der Waals surface area (Å²) in [5.41, 5.74) is 0.641. The highest BCUT2D eigenvalue weighted by Gasteiger charge is 2.24. The minimum absolute atomic E-state index is 0.0163. The van der Waals surface area contributed by atoms with Gasteiger partial charge in [-0.1, -0.05) is 30.3 Å². The van der Waals surface area contributed by atoms with Crippen LogP contribution in [0.15, 0.2) is 54.6 Å². The van der Waals surface area contributed by atoms with E-state index in [1.165, 1.54) is 6.07 Å². The van der Waals surface area contributed by atoms with Crippen LogP contribution >= 0.6 is 0 Å². The van der Waals surface area contributed by atoms with Gasteiger partial charge in [0.2, 0.25) is 0 Å². The molecule has 0 unspecified atom stereocenters. The summed E-state index contributed by atoms with van der Waals surface area (Å²) in [4.78, 5) is 26.2. The molecule has 0 radical (unpaired) electrons. The van der Waals surface area contributed by atoms with Gasteiger partial charge in [-0.2, -0.15) is 0 Å². The molecule has 1 fully saturated rings. The van der Waals surface area contributed by atoms with Crippen LogP contribution in [0.5, 0.6) is 11.5 Å². The molecule has 0 atom stereocenters. The third kappa shape index (κ3) is 4.53. The molecule has 1 aliphatic rings. The van der Waals surface area contributed by atoms with Crippen LogP contribution in [0.25, 0.3) is 0 Å². The van der Waals surface area contributed by atoms with Crippen molar-refractivity contribution in [1.82, 2.24) is 10.2 Å². The number of amides is 2. The van der Waals surface area contributed by atoms with Crippen LogP contribution in [0.3, 0.4) is 0 Å². The molecule has 3 rings (SSSR count). The van der Waals surface area contributed by atoms with Crippen molar-refractivity contribution in [2.75, 3.05) is 19.7 Å². The summed E-state index contributed by atoms with van der Waals surface area (Å²) in [6.45, 7) is 1.03. The molecular weight excluding hydrogens is 332 g/mol. The van der Waals surface area contributed by atoms with Crippen molar-refractivity contribution in [3.8, 4) is 11.5 Å². The first-order valence-corrected chi connectivity index (χ1v) is 8.68. The van der Waals surface area contributed by atoms with Gasteiger partial charge in [0.25, 0.3) is 11.8 Å². The highest BCUT2D eigenvalue weighted by atomic mass is 16.5. The fourth-order valence-electron chi connectivity index (χ4n) is 2.94. The van der Waals surface area contributed by atoms with Crippen molar-refractivity contribution in [2.24, 2.45) is 0 Å². The molecule has 2 aromatic rings. The first-order chi connectivity index (χ1) is 12.6. The molecule has 2 amide bonds. The van der Waals surface area contributed by atoms with Crippen molar-refractivity contribution in [3.05, 3.63) is 60.2 Å². The second-order valence-corrected chi connectivity index (χ2v) is 6.25. The molecule has 26 heavy (non-hydrogen) atoms. The number of rotatable bonds is 5. The van der Waals surface area contributed by atoms with Crippen LogP contribution in [0, 0.1) is 0 Å². The van der Waals surface area contributed by atoms with Crippen molar-refractivity contribution in [3.63, 3.8) is 0 Å². The standard InChI is InChI=1S/C20H22N2O4/c23-17-8-4-5-9-18(17)26-14-19(24)22-12-10-16(11-13-22)21-20(25)15-6-2-1-3-7-15/h1-9,16,23H,10-14H2,(H,21,25). The second kappa shape index (κ2) is 8.38. The summed E-state index contributed by atoms with van der Waals surface area (Å²) in [7, 11) is 0. The molecule has 0 spiro atoms. The number of phenolic OH excluding ortho intramolecular Hbond substituents is 1. The predicted molar refractivity (Wildman–Crippen MR) is 97.1 cm³/mol. The van der Waals surface area contributed by atoms with E-state index in [0.717, 1.165) is 0 Å². The smallest absolute Gasteiger partial charge is 0.260 e. The molecule has 6 heteroatoms. The summed E-state index contributed by atoms with van der Waals surface area (Å²) >= 11 is 0. The average Bonchev–Trinajstić information content (AvgIpc) is 2.68. The number of hydrogen-bond donors (Lipinski definition) is 2. The first kappa shape index (κ1) is 17.8. The fraction of sp³-hybridized carbons (Fsp3) is 0.300. The lowest BCUT2D eigenvalue weighted by molar-refractivity contribution is -0.134. The Labute approximate surface area is 152 Å². The van der Waals surface area contributed by atoms with Crippen LogP contribution in [-0.2, 0) is 4.79 Å². The number of nitrogens with zero attached hydrogens (tertiary/aromatic N) is 1. The van der Waals surface area contributed by atoms with Crippen LogP contribution in [-0.4, -0.2) is 47.6 Å². The summed E-state index contributed by atoms with van der Waals surface area (Å²) in [5, 5.41) is 12.7. The van der Waals surface area contributed by atoms with E-state index in [1.807, 2.05) is 18.2 Å². The van der Waals surface area contributed by atoms with E-state index in [0.29, 0.717) is 37.2 Å². The Morgan fingerprint density at radius 2 is 1.69 bits per heavy atom. The minimum Gasteiger partial charge on any atom is -0.504 e. The number of para-hydroxylation sites is 2. The second-order valence-electron chi connectivity index (χ2n) is 6.25. The minimum atomic E-state index is -0.124. The van der Waals surface area contributed by atoms with E-state index in [2.05, 4.69) is 5.32 Å².